The molecule has 1 aliphatic heterocycles. The maximum absolute atomic E-state index is 12.4. The van der Waals surface area contributed by atoms with E-state index in [1.165, 1.54) is 6.07 Å². The molecule has 0 saturated carbocycles. The Balaban J connectivity index is 1.98. The summed E-state index contributed by atoms with van der Waals surface area (Å²) < 4.78 is 7.15. The number of hydrogen-bond donors (Lipinski definition) is 0. The molecular formula is C17H20N2O3. The van der Waals surface area contributed by atoms with Crippen molar-refractivity contribution in [2.75, 3.05) is 26.3 Å². The first-order valence-electron chi connectivity index (χ1n) is 7.52. The number of amides is 1. The number of hydrogen-bond acceptors (Lipinski definition) is 3. The summed E-state index contributed by atoms with van der Waals surface area (Å²) in [5, 5.41) is 0.697. The van der Waals surface area contributed by atoms with Crippen molar-refractivity contribution in [1.29, 1.82) is 0 Å². The molecule has 3 rings (SSSR count). The smallest absolute Gasteiger partial charge is 0.242 e. The third kappa shape index (κ3) is 2.76. The third-order valence-corrected chi connectivity index (χ3v) is 4.09. The van der Waals surface area contributed by atoms with Crippen LogP contribution in [0.3, 0.4) is 0 Å². The first kappa shape index (κ1) is 14.8. The van der Waals surface area contributed by atoms with E-state index in [4.69, 9.17) is 4.74 Å². The second kappa shape index (κ2) is 5.93. The van der Waals surface area contributed by atoms with Gasteiger partial charge in [0, 0.05) is 30.7 Å². The van der Waals surface area contributed by atoms with Crippen LogP contribution in [0.25, 0.3) is 10.9 Å². The number of pyridine rings is 1. The van der Waals surface area contributed by atoms with E-state index in [2.05, 4.69) is 0 Å². The molecule has 1 aromatic carbocycles. The lowest BCUT2D eigenvalue weighted by Gasteiger charge is -2.27. The van der Waals surface area contributed by atoms with Gasteiger partial charge in [0.05, 0.1) is 18.7 Å². The van der Waals surface area contributed by atoms with Gasteiger partial charge in [-0.3, -0.25) is 9.59 Å². The monoisotopic (exact) mass is 300 g/mol. The van der Waals surface area contributed by atoms with Gasteiger partial charge in [0.15, 0.2) is 5.43 Å². The molecule has 0 aliphatic carbocycles. The van der Waals surface area contributed by atoms with Crippen LogP contribution in [0, 0.1) is 13.8 Å². The van der Waals surface area contributed by atoms with Gasteiger partial charge in [-0.25, -0.2) is 0 Å². The Bertz CT molecular complexity index is 773. The Kier molecular flexibility index (Phi) is 3.98. The van der Waals surface area contributed by atoms with Crippen molar-refractivity contribution in [3.05, 3.63) is 45.7 Å². The van der Waals surface area contributed by atoms with Gasteiger partial charge in [-0.1, -0.05) is 6.07 Å². The lowest BCUT2D eigenvalue weighted by Crippen LogP contribution is -2.42. The lowest BCUT2D eigenvalue weighted by atomic mass is 10.1. The quantitative estimate of drug-likeness (QED) is 0.844. The summed E-state index contributed by atoms with van der Waals surface area (Å²) in [6.07, 6.45) is 1.71. The van der Waals surface area contributed by atoms with Crippen LogP contribution in [0.2, 0.25) is 0 Å². The zero-order valence-electron chi connectivity index (χ0n) is 13.0. The summed E-state index contributed by atoms with van der Waals surface area (Å²) in [6, 6.07) is 5.51. The molecule has 22 heavy (non-hydrogen) atoms. The predicted octanol–water partition coefficient (Wildman–Crippen LogP) is 1.48. The minimum atomic E-state index is 0.00238. The van der Waals surface area contributed by atoms with Gasteiger partial charge in [0.2, 0.25) is 5.91 Å². The van der Waals surface area contributed by atoms with Crippen LogP contribution in [0.4, 0.5) is 0 Å². The van der Waals surface area contributed by atoms with Gasteiger partial charge < -0.3 is 14.2 Å². The molecule has 2 aromatic rings. The van der Waals surface area contributed by atoms with E-state index in [1.807, 2.05) is 35.4 Å². The first-order chi connectivity index (χ1) is 10.6. The number of rotatable bonds is 2. The zero-order valence-corrected chi connectivity index (χ0v) is 13.0. The van der Waals surface area contributed by atoms with Gasteiger partial charge in [-0.15, -0.1) is 0 Å². The molecular weight excluding hydrogens is 280 g/mol. The standard InChI is InChI=1S/C17H20N2O3/c1-12-9-13(2)17-14(10-12)19(4-3-15(17)20)11-16(21)18-5-7-22-8-6-18/h3-4,9-10H,5-8,11H2,1-2H3. The lowest BCUT2D eigenvalue weighted by molar-refractivity contribution is -0.135. The molecule has 5 nitrogen and oxygen atoms in total. The second-order valence-corrected chi connectivity index (χ2v) is 5.78. The normalized spacial score (nSPS) is 15.3. The van der Waals surface area contributed by atoms with Gasteiger partial charge in [-0.05, 0) is 31.0 Å². The zero-order chi connectivity index (χ0) is 15.7. The summed E-state index contributed by atoms with van der Waals surface area (Å²) in [5.74, 6) is 0.0624. The fraction of sp³-hybridized carbons (Fsp3) is 0.412. The topological polar surface area (TPSA) is 51.5 Å². The minimum Gasteiger partial charge on any atom is -0.378 e. The highest BCUT2D eigenvalue weighted by Crippen LogP contribution is 2.17. The highest BCUT2D eigenvalue weighted by atomic mass is 16.5. The summed E-state index contributed by atoms with van der Waals surface area (Å²) >= 11 is 0. The molecule has 116 valence electrons. The molecule has 0 bridgehead atoms. The number of ether oxygens (including phenoxy) is 1. The number of carbonyl (C=O) groups is 1. The molecule has 5 heteroatoms. The number of carbonyl (C=O) groups excluding carboxylic acids is 1. The van der Waals surface area contributed by atoms with Crippen LogP contribution in [0.15, 0.2) is 29.2 Å². The van der Waals surface area contributed by atoms with Crippen LogP contribution in [0.5, 0.6) is 0 Å². The van der Waals surface area contributed by atoms with E-state index in [0.717, 1.165) is 16.6 Å². The van der Waals surface area contributed by atoms with Crippen molar-refractivity contribution in [3.8, 4) is 0 Å². The van der Waals surface area contributed by atoms with Crippen LogP contribution in [-0.4, -0.2) is 41.7 Å². The highest BCUT2D eigenvalue weighted by molar-refractivity contribution is 5.85. The molecule has 0 atom stereocenters. The number of benzene rings is 1. The SMILES string of the molecule is Cc1cc(C)c2c(=O)ccn(CC(=O)N3CCOCC3)c2c1. The fourth-order valence-electron chi connectivity index (χ4n) is 3.01. The molecule has 1 saturated heterocycles. The number of nitrogens with zero attached hydrogens (tertiary/aromatic N) is 2. The van der Waals surface area contributed by atoms with Crippen molar-refractivity contribution >= 4 is 16.8 Å². The first-order valence-corrected chi connectivity index (χ1v) is 7.52. The molecule has 0 radical (unpaired) electrons. The number of morpholine rings is 1. The minimum absolute atomic E-state index is 0.00238. The molecule has 2 heterocycles. The largest absolute Gasteiger partial charge is 0.378 e. The maximum Gasteiger partial charge on any atom is 0.242 e. The third-order valence-electron chi connectivity index (χ3n) is 4.09. The van der Waals surface area contributed by atoms with Gasteiger partial charge in [0.1, 0.15) is 6.54 Å². The van der Waals surface area contributed by atoms with E-state index in [-0.39, 0.29) is 17.9 Å². The van der Waals surface area contributed by atoms with Crippen LogP contribution in [0.1, 0.15) is 11.1 Å². The van der Waals surface area contributed by atoms with E-state index >= 15 is 0 Å². The molecule has 0 N–H and O–H groups in total. The average molecular weight is 300 g/mol. The molecule has 1 amide bonds. The summed E-state index contributed by atoms with van der Waals surface area (Å²) in [7, 11) is 0. The van der Waals surface area contributed by atoms with Crippen LogP contribution < -0.4 is 5.43 Å². The molecule has 1 aliphatic rings. The van der Waals surface area contributed by atoms with Crippen molar-refractivity contribution in [1.82, 2.24) is 9.47 Å². The Hall–Kier alpha value is -2.14. The van der Waals surface area contributed by atoms with E-state index < -0.39 is 0 Å². The Morgan fingerprint density at radius 1 is 1.23 bits per heavy atom. The van der Waals surface area contributed by atoms with Crippen LogP contribution >= 0.6 is 0 Å². The summed E-state index contributed by atoms with van der Waals surface area (Å²) in [4.78, 5) is 26.4. The highest BCUT2D eigenvalue weighted by Gasteiger charge is 2.18. The van der Waals surface area contributed by atoms with Crippen molar-refractivity contribution < 1.29 is 9.53 Å². The van der Waals surface area contributed by atoms with Crippen LogP contribution in [-0.2, 0) is 16.1 Å². The van der Waals surface area contributed by atoms with Gasteiger partial charge >= 0.3 is 0 Å². The van der Waals surface area contributed by atoms with E-state index in [1.54, 1.807) is 6.20 Å². The predicted molar refractivity (Wildman–Crippen MR) is 85.1 cm³/mol. The summed E-state index contributed by atoms with van der Waals surface area (Å²) in [5.41, 5.74) is 2.87. The molecule has 1 fully saturated rings. The Morgan fingerprint density at radius 3 is 2.68 bits per heavy atom. The number of fused-ring (bicyclic) bond motifs is 1. The maximum atomic E-state index is 12.4. The van der Waals surface area contributed by atoms with E-state index in [0.29, 0.717) is 31.7 Å². The fourth-order valence-corrected chi connectivity index (χ4v) is 3.01. The Labute approximate surface area is 129 Å². The molecule has 0 unspecified atom stereocenters. The summed E-state index contributed by atoms with van der Waals surface area (Å²) in [6.45, 7) is 6.64. The van der Waals surface area contributed by atoms with E-state index in [9.17, 15) is 9.59 Å². The number of aromatic nitrogens is 1. The second-order valence-electron chi connectivity index (χ2n) is 5.78. The van der Waals surface area contributed by atoms with Crippen molar-refractivity contribution in [2.24, 2.45) is 0 Å². The number of aryl methyl sites for hydroxylation is 2. The molecule has 0 spiro atoms. The van der Waals surface area contributed by atoms with Gasteiger partial charge in [0.25, 0.3) is 0 Å². The average Bonchev–Trinajstić information content (AvgIpc) is 2.50. The molecule has 1 aromatic heterocycles. The van der Waals surface area contributed by atoms with Crippen molar-refractivity contribution in [2.45, 2.75) is 20.4 Å². The Morgan fingerprint density at radius 2 is 1.95 bits per heavy atom. The van der Waals surface area contributed by atoms with Crippen molar-refractivity contribution in [3.63, 3.8) is 0 Å². The van der Waals surface area contributed by atoms with Gasteiger partial charge in [-0.2, -0.15) is 0 Å².